The van der Waals surface area contributed by atoms with Crippen molar-refractivity contribution in [3.8, 4) is 11.5 Å². The molecule has 1 N–H and O–H groups in total. The predicted octanol–water partition coefficient (Wildman–Crippen LogP) is 3.67. The third-order valence-electron chi connectivity index (χ3n) is 4.38. The van der Waals surface area contributed by atoms with Crippen molar-refractivity contribution in [1.29, 1.82) is 0 Å². The van der Waals surface area contributed by atoms with Gasteiger partial charge in [-0.25, -0.2) is 0 Å². The van der Waals surface area contributed by atoms with Gasteiger partial charge in [-0.3, -0.25) is 9.59 Å². The maximum Gasteiger partial charge on any atom is 0.261 e. The van der Waals surface area contributed by atoms with Crippen LogP contribution in [0.3, 0.4) is 0 Å². The molecule has 0 heterocycles. The molecule has 2 aromatic rings. The molecular formula is C22H27ClN2O4. The summed E-state index contributed by atoms with van der Waals surface area (Å²) < 4.78 is 10.9. The van der Waals surface area contributed by atoms with Crippen molar-refractivity contribution in [3.05, 3.63) is 59.1 Å². The average molecular weight is 419 g/mol. The molecular weight excluding hydrogens is 392 g/mol. The first-order valence-electron chi connectivity index (χ1n) is 9.56. The Bertz CT molecular complexity index is 828. The molecule has 0 aliphatic carbocycles. The van der Waals surface area contributed by atoms with E-state index < -0.39 is 6.04 Å². The van der Waals surface area contributed by atoms with Crippen molar-refractivity contribution in [2.45, 2.75) is 32.9 Å². The minimum atomic E-state index is -0.600. The highest BCUT2D eigenvalue weighted by Gasteiger charge is 2.28. The standard InChI is InChI=1S/C22H27ClN2O4/c1-4-20(22(27)24-5-2)25(14-16-8-6-10-18(12-16)28-3)21(26)15-29-19-11-7-9-17(23)13-19/h6-13,20H,4-5,14-15H2,1-3H3,(H,24,27). The summed E-state index contributed by atoms with van der Waals surface area (Å²) in [5, 5.41) is 3.33. The molecule has 29 heavy (non-hydrogen) atoms. The Morgan fingerprint density at radius 3 is 2.48 bits per heavy atom. The number of hydrogen-bond donors (Lipinski definition) is 1. The molecule has 0 aromatic heterocycles. The van der Waals surface area contributed by atoms with Gasteiger partial charge in [-0.15, -0.1) is 0 Å². The summed E-state index contributed by atoms with van der Waals surface area (Å²) in [7, 11) is 1.59. The van der Waals surface area contributed by atoms with Gasteiger partial charge in [-0.1, -0.05) is 36.7 Å². The summed E-state index contributed by atoms with van der Waals surface area (Å²) in [5.41, 5.74) is 0.864. The second kappa shape index (κ2) is 11.3. The number of rotatable bonds is 10. The lowest BCUT2D eigenvalue weighted by atomic mass is 10.1. The van der Waals surface area contributed by atoms with E-state index in [9.17, 15) is 9.59 Å². The molecule has 1 unspecified atom stereocenters. The molecule has 0 aliphatic rings. The molecule has 0 aliphatic heterocycles. The fraction of sp³-hybridized carbons (Fsp3) is 0.364. The maximum atomic E-state index is 13.0. The van der Waals surface area contributed by atoms with E-state index in [4.69, 9.17) is 21.1 Å². The molecule has 7 heteroatoms. The first kappa shape index (κ1) is 22.6. The molecule has 1 atom stereocenters. The number of nitrogens with one attached hydrogen (secondary N) is 1. The number of ether oxygens (including phenoxy) is 2. The minimum Gasteiger partial charge on any atom is -0.497 e. The van der Waals surface area contributed by atoms with Crippen LogP contribution < -0.4 is 14.8 Å². The van der Waals surface area contributed by atoms with Crippen LogP contribution in [0.15, 0.2) is 48.5 Å². The van der Waals surface area contributed by atoms with Crippen LogP contribution in [0.2, 0.25) is 5.02 Å². The van der Waals surface area contributed by atoms with Gasteiger partial charge in [0, 0.05) is 18.1 Å². The zero-order valence-corrected chi connectivity index (χ0v) is 17.7. The number of amides is 2. The van der Waals surface area contributed by atoms with E-state index in [0.717, 1.165) is 5.56 Å². The fourth-order valence-corrected chi connectivity index (χ4v) is 3.14. The van der Waals surface area contributed by atoms with Gasteiger partial charge < -0.3 is 19.7 Å². The minimum absolute atomic E-state index is 0.186. The van der Waals surface area contributed by atoms with Crippen molar-refractivity contribution < 1.29 is 19.1 Å². The van der Waals surface area contributed by atoms with Crippen LogP contribution in [0.1, 0.15) is 25.8 Å². The third-order valence-corrected chi connectivity index (χ3v) is 4.62. The van der Waals surface area contributed by atoms with Crippen molar-refractivity contribution in [2.75, 3.05) is 20.3 Å². The van der Waals surface area contributed by atoms with Crippen molar-refractivity contribution >= 4 is 23.4 Å². The van der Waals surface area contributed by atoms with Gasteiger partial charge in [0.25, 0.3) is 5.91 Å². The van der Waals surface area contributed by atoms with E-state index in [0.29, 0.717) is 29.5 Å². The summed E-state index contributed by atoms with van der Waals surface area (Å²) in [6.45, 7) is 4.30. The highest BCUT2D eigenvalue weighted by molar-refractivity contribution is 6.30. The number of carbonyl (C=O) groups excluding carboxylic acids is 2. The molecule has 6 nitrogen and oxygen atoms in total. The Kier molecular flexibility index (Phi) is 8.80. The van der Waals surface area contributed by atoms with E-state index in [2.05, 4.69) is 5.32 Å². The average Bonchev–Trinajstić information content (AvgIpc) is 2.72. The highest BCUT2D eigenvalue weighted by atomic mass is 35.5. The third kappa shape index (κ3) is 6.68. The molecule has 156 valence electrons. The van der Waals surface area contributed by atoms with E-state index in [1.165, 1.54) is 0 Å². The van der Waals surface area contributed by atoms with Gasteiger partial charge in [-0.05, 0) is 49.2 Å². The molecule has 0 radical (unpaired) electrons. The lowest BCUT2D eigenvalue weighted by Gasteiger charge is -2.30. The highest BCUT2D eigenvalue weighted by Crippen LogP contribution is 2.19. The maximum absolute atomic E-state index is 13.0. The molecule has 0 saturated carbocycles. The van der Waals surface area contributed by atoms with Gasteiger partial charge in [-0.2, -0.15) is 0 Å². The second-order valence-electron chi connectivity index (χ2n) is 6.44. The summed E-state index contributed by atoms with van der Waals surface area (Å²) in [6.07, 6.45) is 0.485. The van der Waals surface area contributed by atoms with Crippen molar-refractivity contribution in [3.63, 3.8) is 0 Å². The van der Waals surface area contributed by atoms with Gasteiger partial charge in [0.1, 0.15) is 17.5 Å². The van der Waals surface area contributed by atoms with Gasteiger partial charge in [0.05, 0.1) is 7.11 Å². The van der Waals surface area contributed by atoms with Crippen LogP contribution in [0, 0.1) is 0 Å². The Hall–Kier alpha value is -2.73. The Labute approximate surface area is 176 Å². The van der Waals surface area contributed by atoms with E-state index in [1.807, 2.05) is 38.1 Å². The zero-order valence-electron chi connectivity index (χ0n) is 17.0. The first-order chi connectivity index (χ1) is 14.0. The van der Waals surface area contributed by atoms with Crippen LogP contribution in [-0.2, 0) is 16.1 Å². The number of carbonyl (C=O) groups is 2. The van der Waals surface area contributed by atoms with Crippen LogP contribution >= 0.6 is 11.6 Å². The van der Waals surface area contributed by atoms with Crippen molar-refractivity contribution in [1.82, 2.24) is 10.2 Å². The summed E-state index contributed by atoms with van der Waals surface area (Å²) in [6, 6.07) is 13.7. The normalized spacial score (nSPS) is 11.4. The summed E-state index contributed by atoms with van der Waals surface area (Å²) in [5.74, 6) is 0.717. The molecule has 2 rings (SSSR count). The van der Waals surface area contributed by atoms with Crippen molar-refractivity contribution in [2.24, 2.45) is 0 Å². The van der Waals surface area contributed by atoms with Crippen LogP contribution in [0.4, 0.5) is 0 Å². The fourth-order valence-electron chi connectivity index (χ4n) is 2.96. The number of likely N-dealkylation sites (N-methyl/N-ethyl adjacent to an activating group) is 1. The Balaban J connectivity index is 2.21. The quantitative estimate of drug-likeness (QED) is 0.639. The number of nitrogens with zero attached hydrogens (tertiary/aromatic N) is 1. The first-order valence-corrected chi connectivity index (χ1v) is 9.94. The molecule has 2 aromatic carbocycles. The molecule has 2 amide bonds. The van der Waals surface area contributed by atoms with Crippen LogP contribution in [0.5, 0.6) is 11.5 Å². The van der Waals surface area contributed by atoms with E-state index in [1.54, 1.807) is 36.3 Å². The largest absolute Gasteiger partial charge is 0.497 e. The number of benzene rings is 2. The van der Waals surface area contributed by atoms with Gasteiger partial charge >= 0.3 is 0 Å². The monoisotopic (exact) mass is 418 g/mol. The number of hydrogen-bond acceptors (Lipinski definition) is 4. The lowest BCUT2D eigenvalue weighted by molar-refractivity contribution is -0.142. The van der Waals surface area contributed by atoms with Gasteiger partial charge in [0.2, 0.25) is 5.91 Å². The molecule has 0 bridgehead atoms. The van der Waals surface area contributed by atoms with E-state index in [-0.39, 0.29) is 25.0 Å². The Morgan fingerprint density at radius 2 is 1.83 bits per heavy atom. The molecule has 0 fully saturated rings. The van der Waals surface area contributed by atoms with Gasteiger partial charge in [0.15, 0.2) is 6.61 Å². The zero-order chi connectivity index (χ0) is 21.2. The van der Waals surface area contributed by atoms with Crippen LogP contribution in [-0.4, -0.2) is 43.0 Å². The number of halogens is 1. The van der Waals surface area contributed by atoms with Crippen LogP contribution in [0.25, 0.3) is 0 Å². The van der Waals surface area contributed by atoms with E-state index >= 15 is 0 Å². The smallest absolute Gasteiger partial charge is 0.261 e. The predicted molar refractivity (Wildman–Crippen MR) is 113 cm³/mol. The molecule has 0 spiro atoms. The topological polar surface area (TPSA) is 67.9 Å². The summed E-state index contributed by atoms with van der Waals surface area (Å²) >= 11 is 5.97. The second-order valence-corrected chi connectivity index (χ2v) is 6.87. The summed E-state index contributed by atoms with van der Waals surface area (Å²) in [4.78, 5) is 27.1. The number of methoxy groups -OCH3 is 1. The lowest BCUT2D eigenvalue weighted by Crippen LogP contribution is -2.50. The Morgan fingerprint density at radius 1 is 1.10 bits per heavy atom. The SMILES string of the molecule is CCNC(=O)C(CC)N(Cc1cccc(OC)c1)C(=O)COc1cccc(Cl)c1. The molecule has 0 saturated heterocycles.